The lowest BCUT2D eigenvalue weighted by atomic mass is 10.2. The van der Waals surface area contributed by atoms with Crippen LogP contribution in [-0.4, -0.2) is 21.9 Å². The predicted molar refractivity (Wildman–Crippen MR) is 70.1 cm³/mol. The summed E-state index contributed by atoms with van der Waals surface area (Å²) in [5.74, 6) is -0.517. The molecule has 0 saturated carbocycles. The highest BCUT2D eigenvalue weighted by Gasteiger charge is 2.07. The third-order valence-corrected chi connectivity index (χ3v) is 2.21. The largest absolute Gasteiger partial charge is 0.408 e. The van der Waals surface area contributed by atoms with Crippen molar-refractivity contribution in [2.45, 2.75) is 13.8 Å². The van der Waals surface area contributed by atoms with E-state index in [-0.39, 0.29) is 11.8 Å². The molecule has 6 nitrogen and oxygen atoms in total. The molecule has 102 valence electrons. The van der Waals surface area contributed by atoms with Crippen LogP contribution in [0.25, 0.3) is 11.4 Å². The van der Waals surface area contributed by atoms with Gasteiger partial charge in [0.1, 0.15) is 0 Å². The Morgan fingerprint density at radius 3 is 1.55 bits per heavy atom. The molecule has 0 saturated heterocycles. The summed E-state index contributed by atoms with van der Waals surface area (Å²) < 4.78 is 9.82. The van der Waals surface area contributed by atoms with Crippen molar-refractivity contribution in [3.8, 4) is 23.1 Å². The molecule has 0 aliphatic rings. The van der Waals surface area contributed by atoms with Crippen molar-refractivity contribution in [2.75, 3.05) is 0 Å². The fourth-order valence-electron chi connectivity index (χ4n) is 1.52. The number of carbonyl (C=O) groups excluding carboxylic acids is 2. The van der Waals surface area contributed by atoms with Crippen LogP contribution in [0.5, 0.6) is 11.8 Å². The zero-order chi connectivity index (χ0) is 14.5. The van der Waals surface area contributed by atoms with Crippen LogP contribution in [0.15, 0.2) is 36.4 Å². The Kier molecular flexibility index (Phi) is 4.05. The van der Waals surface area contributed by atoms with E-state index in [1.54, 1.807) is 36.4 Å². The maximum atomic E-state index is 10.9. The lowest BCUT2D eigenvalue weighted by Crippen LogP contribution is -2.04. The molecule has 2 aromatic heterocycles. The number of esters is 2. The molecular formula is C14H12N2O4. The molecule has 6 heteroatoms. The average Bonchev–Trinajstić information content (AvgIpc) is 2.38. The van der Waals surface area contributed by atoms with Crippen molar-refractivity contribution < 1.29 is 19.1 Å². The zero-order valence-corrected chi connectivity index (χ0v) is 11.0. The van der Waals surface area contributed by atoms with Crippen molar-refractivity contribution in [1.29, 1.82) is 0 Å². The Morgan fingerprint density at radius 2 is 1.20 bits per heavy atom. The fourth-order valence-corrected chi connectivity index (χ4v) is 1.52. The van der Waals surface area contributed by atoms with E-state index in [0.29, 0.717) is 11.4 Å². The highest BCUT2D eigenvalue weighted by Crippen LogP contribution is 2.20. The number of pyridine rings is 2. The monoisotopic (exact) mass is 272 g/mol. The predicted octanol–water partition coefficient (Wildman–Crippen LogP) is 1.99. The van der Waals surface area contributed by atoms with Crippen molar-refractivity contribution in [3.05, 3.63) is 36.4 Å². The Balaban J connectivity index is 2.31. The van der Waals surface area contributed by atoms with Gasteiger partial charge in [0, 0.05) is 26.0 Å². The fraction of sp³-hybridized carbons (Fsp3) is 0.143. The van der Waals surface area contributed by atoms with Gasteiger partial charge in [0.25, 0.3) is 0 Å². The summed E-state index contributed by atoms with van der Waals surface area (Å²) in [7, 11) is 0. The normalized spacial score (nSPS) is 9.90. The second-order valence-corrected chi connectivity index (χ2v) is 3.91. The van der Waals surface area contributed by atoms with E-state index in [2.05, 4.69) is 9.97 Å². The first-order valence-corrected chi connectivity index (χ1v) is 5.86. The molecule has 0 bridgehead atoms. The Morgan fingerprint density at radius 1 is 0.800 bits per heavy atom. The standard InChI is InChI=1S/C14H12N2O4/c1-9(17)19-13-7-3-5-11(15-13)12-6-4-8-14(16-12)20-10(2)18/h3-8H,1-2H3. The molecular weight excluding hydrogens is 260 g/mol. The van der Waals surface area contributed by atoms with Crippen LogP contribution in [0.1, 0.15) is 13.8 Å². The molecule has 0 spiro atoms. The number of carbonyl (C=O) groups is 2. The topological polar surface area (TPSA) is 78.4 Å². The number of ether oxygens (including phenoxy) is 2. The van der Waals surface area contributed by atoms with E-state index in [4.69, 9.17) is 9.47 Å². The van der Waals surface area contributed by atoms with Crippen LogP contribution in [0, 0.1) is 0 Å². The van der Waals surface area contributed by atoms with Gasteiger partial charge < -0.3 is 9.47 Å². The van der Waals surface area contributed by atoms with Crippen LogP contribution in [0.2, 0.25) is 0 Å². The van der Waals surface area contributed by atoms with Crippen molar-refractivity contribution in [1.82, 2.24) is 9.97 Å². The average molecular weight is 272 g/mol. The minimum Gasteiger partial charge on any atom is -0.408 e. The molecule has 0 aromatic carbocycles. The van der Waals surface area contributed by atoms with Crippen LogP contribution in [0.4, 0.5) is 0 Å². The SMILES string of the molecule is CC(=O)Oc1cccc(-c2cccc(OC(C)=O)n2)n1. The summed E-state index contributed by atoms with van der Waals surface area (Å²) in [6, 6.07) is 9.96. The lowest BCUT2D eigenvalue weighted by Gasteiger charge is -2.05. The van der Waals surface area contributed by atoms with Gasteiger partial charge in [-0.2, -0.15) is 0 Å². The molecule has 0 fully saturated rings. The van der Waals surface area contributed by atoms with Gasteiger partial charge in [-0.25, -0.2) is 9.97 Å². The molecule has 0 radical (unpaired) electrons. The van der Waals surface area contributed by atoms with Gasteiger partial charge in [-0.1, -0.05) is 12.1 Å². The summed E-state index contributed by atoms with van der Waals surface area (Å²) in [4.78, 5) is 30.1. The van der Waals surface area contributed by atoms with Gasteiger partial charge in [-0.15, -0.1) is 0 Å². The first-order chi connectivity index (χ1) is 9.54. The van der Waals surface area contributed by atoms with Crippen LogP contribution in [0.3, 0.4) is 0 Å². The molecule has 0 aliphatic heterocycles. The van der Waals surface area contributed by atoms with Gasteiger partial charge in [0.2, 0.25) is 11.8 Å². The first kappa shape index (κ1) is 13.7. The minimum atomic E-state index is -0.448. The third kappa shape index (κ3) is 3.61. The molecule has 0 amide bonds. The maximum absolute atomic E-state index is 10.9. The second-order valence-electron chi connectivity index (χ2n) is 3.91. The van der Waals surface area contributed by atoms with Gasteiger partial charge in [-0.05, 0) is 12.1 Å². The lowest BCUT2D eigenvalue weighted by molar-refractivity contribution is -0.133. The van der Waals surface area contributed by atoms with Crippen LogP contribution < -0.4 is 9.47 Å². The zero-order valence-electron chi connectivity index (χ0n) is 11.0. The Bertz CT molecular complexity index is 598. The maximum Gasteiger partial charge on any atom is 0.309 e. The third-order valence-electron chi connectivity index (χ3n) is 2.21. The van der Waals surface area contributed by atoms with Crippen molar-refractivity contribution in [2.24, 2.45) is 0 Å². The number of hydrogen-bond acceptors (Lipinski definition) is 6. The minimum absolute atomic E-state index is 0.190. The number of aromatic nitrogens is 2. The summed E-state index contributed by atoms with van der Waals surface area (Å²) in [5.41, 5.74) is 1.02. The quantitative estimate of drug-likeness (QED) is 0.795. The highest BCUT2D eigenvalue weighted by molar-refractivity contribution is 5.70. The molecule has 0 atom stereocenters. The highest BCUT2D eigenvalue weighted by atomic mass is 16.5. The number of hydrogen-bond donors (Lipinski definition) is 0. The van der Waals surface area contributed by atoms with E-state index < -0.39 is 11.9 Å². The molecule has 2 rings (SSSR count). The summed E-state index contributed by atoms with van der Waals surface area (Å²) in [6.45, 7) is 2.60. The summed E-state index contributed by atoms with van der Waals surface area (Å²) in [6.07, 6.45) is 0. The number of nitrogens with zero attached hydrogens (tertiary/aromatic N) is 2. The molecule has 2 aromatic rings. The van der Waals surface area contributed by atoms with Crippen molar-refractivity contribution in [3.63, 3.8) is 0 Å². The van der Waals surface area contributed by atoms with E-state index in [1.165, 1.54) is 13.8 Å². The molecule has 20 heavy (non-hydrogen) atoms. The van der Waals surface area contributed by atoms with Crippen molar-refractivity contribution >= 4 is 11.9 Å². The second kappa shape index (κ2) is 5.92. The van der Waals surface area contributed by atoms with Crippen LogP contribution >= 0.6 is 0 Å². The van der Waals surface area contributed by atoms with Gasteiger partial charge in [-0.3, -0.25) is 9.59 Å². The van der Waals surface area contributed by atoms with E-state index >= 15 is 0 Å². The van der Waals surface area contributed by atoms with E-state index in [0.717, 1.165) is 0 Å². The Hall–Kier alpha value is -2.76. The summed E-state index contributed by atoms with van der Waals surface area (Å²) in [5, 5.41) is 0. The number of rotatable bonds is 3. The molecule has 2 heterocycles. The first-order valence-electron chi connectivity index (χ1n) is 5.86. The molecule has 0 N–H and O–H groups in total. The molecule has 0 aliphatic carbocycles. The smallest absolute Gasteiger partial charge is 0.309 e. The van der Waals surface area contributed by atoms with Gasteiger partial charge in [0.05, 0.1) is 11.4 Å². The van der Waals surface area contributed by atoms with Gasteiger partial charge in [0.15, 0.2) is 0 Å². The summed E-state index contributed by atoms with van der Waals surface area (Å²) >= 11 is 0. The van der Waals surface area contributed by atoms with Gasteiger partial charge >= 0.3 is 11.9 Å². The van der Waals surface area contributed by atoms with Crippen LogP contribution in [-0.2, 0) is 9.59 Å². The molecule has 0 unspecified atom stereocenters. The van der Waals surface area contributed by atoms with E-state index in [1.807, 2.05) is 0 Å². The van der Waals surface area contributed by atoms with E-state index in [9.17, 15) is 9.59 Å². The Labute approximate surface area is 115 Å².